The smallest absolute Gasteiger partial charge is 0.123 e. The molecule has 1 nitrogen and oxygen atoms in total. The van der Waals surface area contributed by atoms with Gasteiger partial charge in [-0.2, -0.15) is 0 Å². The van der Waals surface area contributed by atoms with E-state index in [1.807, 2.05) is 42.6 Å². The highest BCUT2D eigenvalue weighted by molar-refractivity contribution is 5.83. The Morgan fingerprint density at radius 2 is 1.65 bits per heavy atom. The van der Waals surface area contributed by atoms with Crippen LogP contribution in [-0.4, -0.2) is 4.98 Å². The van der Waals surface area contributed by atoms with Gasteiger partial charge in [0.15, 0.2) is 0 Å². The Bertz CT molecular complexity index is 662. The Morgan fingerprint density at radius 1 is 0.824 bits per heavy atom. The highest BCUT2D eigenvalue weighted by Crippen LogP contribution is 2.22. The lowest BCUT2D eigenvalue weighted by Gasteiger charge is -2.03. The lowest BCUT2D eigenvalue weighted by Crippen LogP contribution is -1.83. The molecular formula is C15H10FN. The summed E-state index contributed by atoms with van der Waals surface area (Å²) in [5, 5.41) is 0.825. The standard InChI is InChI=1S/C15H10FN/c16-14-6-7-15-12(9-14)8-13(10-17-15)11-4-2-1-3-5-11/h1-10H. The summed E-state index contributed by atoms with van der Waals surface area (Å²) in [5.41, 5.74) is 2.90. The zero-order valence-electron chi connectivity index (χ0n) is 9.10. The molecule has 0 unspecified atom stereocenters. The predicted octanol–water partition coefficient (Wildman–Crippen LogP) is 4.04. The molecule has 0 amide bonds. The van der Waals surface area contributed by atoms with Crippen molar-refractivity contribution < 1.29 is 4.39 Å². The van der Waals surface area contributed by atoms with Crippen LogP contribution < -0.4 is 0 Å². The van der Waals surface area contributed by atoms with Gasteiger partial charge in [0.05, 0.1) is 5.52 Å². The normalized spacial score (nSPS) is 10.6. The maximum Gasteiger partial charge on any atom is 0.123 e. The fourth-order valence-corrected chi connectivity index (χ4v) is 1.89. The van der Waals surface area contributed by atoms with Crippen LogP contribution in [0.15, 0.2) is 60.8 Å². The highest BCUT2D eigenvalue weighted by Gasteiger charge is 2.01. The molecule has 1 heterocycles. The van der Waals surface area contributed by atoms with Gasteiger partial charge in [0.1, 0.15) is 5.82 Å². The van der Waals surface area contributed by atoms with Crippen molar-refractivity contribution >= 4 is 10.9 Å². The molecule has 3 rings (SSSR count). The van der Waals surface area contributed by atoms with E-state index >= 15 is 0 Å². The molecule has 0 aliphatic carbocycles. The maximum atomic E-state index is 13.1. The fourth-order valence-electron chi connectivity index (χ4n) is 1.89. The lowest BCUT2D eigenvalue weighted by atomic mass is 10.1. The highest BCUT2D eigenvalue weighted by atomic mass is 19.1. The van der Waals surface area contributed by atoms with Gasteiger partial charge in [-0.15, -0.1) is 0 Å². The molecule has 0 aliphatic rings. The Balaban J connectivity index is 2.19. The molecule has 0 aliphatic heterocycles. The number of aromatic nitrogens is 1. The monoisotopic (exact) mass is 223 g/mol. The van der Waals surface area contributed by atoms with Crippen molar-refractivity contribution in [3.63, 3.8) is 0 Å². The van der Waals surface area contributed by atoms with Gasteiger partial charge in [-0.25, -0.2) is 4.39 Å². The Hall–Kier alpha value is -2.22. The first-order valence-electron chi connectivity index (χ1n) is 5.44. The summed E-state index contributed by atoms with van der Waals surface area (Å²) in [4.78, 5) is 4.33. The molecular weight excluding hydrogens is 213 g/mol. The molecule has 0 atom stereocenters. The molecule has 0 N–H and O–H groups in total. The third-order valence-corrected chi connectivity index (χ3v) is 2.75. The van der Waals surface area contributed by atoms with E-state index in [1.165, 1.54) is 12.1 Å². The topological polar surface area (TPSA) is 12.9 Å². The minimum Gasteiger partial charge on any atom is -0.256 e. The fraction of sp³-hybridized carbons (Fsp3) is 0. The van der Waals surface area contributed by atoms with Crippen molar-refractivity contribution in [2.75, 3.05) is 0 Å². The molecule has 0 radical (unpaired) electrons. The number of hydrogen-bond donors (Lipinski definition) is 0. The van der Waals surface area contributed by atoms with Crippen LogP contribution in [0.5, 0.6) is 0 Å². The van der Waals surface area contributed by atoms with Crippen molar-refractivity contribution in [1.82, 2.24) is 4.98 Å². The van der Waals surface area contributed by atoms with Crippen LogP contribution in [0, 0.1) is 5.82 Å². The molecule has 0 spiro atoms. The van der Waals surface area contributed by atoms with E-state index in [1.54, 1.807) is 6.07 Å². The van der Waals surface area contributed by atoms with Gasteiger partial charge in [-0.05, 0) is 29.8 Å². The number of rotatable bonds is 1. The molecule has 0 saturated carbocycles. The SMILES string of the molecule is Fc1ccc2ncc(-c3ccccc3)cc2c1. The van der Waals surface area contributed by atoms with Crippen LogP contribution in [-0.2, 0) is 0 Å². The van der Waals surface area contributed by atoms with Crippen molar-refractivity contribution in [2.24, 2.45) is 0 Å². The summed E-state index contributed by atoms with van der Waals surface area (Å²) in [5.74, 6) is -0.232. The number of halogens is 1. The van der Waals surface area contributed by atoms with Crippen LogP contribution >= 0.6 is 0 Å². The van der Waals surface area contributed by atoms with E-state index in [0.29, 0.717) is 0 Å². The molecule has 2 aromatic carbocycles. The summed E-state index contributed by atoms with van der Waals surface area (Å²) < 4.78 is 13.1. The van der Waals surface area contributed by atoms with Gasteiger partial charge in [-0.3, -0.25) is 4.98 Å². The summed E-state index contributed by atoms with van der Waals surface area (Å²) >= 11 is 0. The number of pyridine rings is 1. The molecule has 1 aromatic heterocycles. The molecule has 0 fully saturated rings. The number of nitrogens with zero attached hydrogens (tertiary/aromatic N) is 1. The molecule has 0 saturated heterocycles. The van der Waals surface area contributed by atoms with Gasteiger partial charge in [0.25, 0.3) is 0 Å². The molecule has 82 valence electrons. The van der Waals surface area contributed by atoms with Gasteiger partial charge in [0.2, 0.25) is 0 Å². The average Bonchev–Trinajstić information content (AvgIpc) is 2.39. The largest absolute Gasteiger partial charge is 0.256 e. The maximum absolute atomic E-state index is 13.1. The van der Waals surface area contributed by atoms with Gasteiger partial charge in [-0.1, -0.05) is 30.3 Å². The van der Waals surface area contributed by atoms with Crippen LogP contribution in [0.3, 0.4) is 0 Å². The quantitative estimate of drug-likeness (QED) is 0.606. The Labute approximate surface area is 98.6 Å². The lowest BCUT2D eigenvalue weighted by molar-refractivity contribution is 0.629. The van der Waals surface area contributed by atoms with Gasteiger partial charge in [0, 0.05) is 17.1 Å². The van der Waals surface area contributed by atoms with Crippen LogP contribution in [0.1, 0.15) is 0 Å². The second kappa shape index (κ2) is 3.98. The first-order valence-corrected chi connectivity index (χ1v) is 5.44. The zero-order chi connectivity index (χ0) is 11.7. The molecule has 3 aromatic rings. The van der Waals surface area contributed by atoms with E-state index in [2.05, 4.69) is 4.98 Å². The number of fused-ring (bicyclic) bond motifs is 1. The minimum atomic E-state index is -0.232. The molecule has 17 heavy (non-hydrogen) atoms. The second-order valence-corrected chi connectivity index (χ2v) is 3.93. The summed E-state index contributed by atoms with van der Waals surface area (Å²) in [6, 6.07) is 16.5. The first kappa shape index (κ1) is 9.97. The average molecular weight is 223 g/mol. The van der Waals surface area contributed by atoms with Crippen molar-refractivity contribution in [2.45, 2.75) is 0 Å². The van der Waals surface area contributed by atoms with Crippen molar-refractivity contribution in [3.8, 4) is 11.1 Å². The third-order valence-electron chi connectivity index (χ3n) is 2.75. The van der Waals surface area contributed by atoms with E-state index in [9.17, 15) is 4.39 Å². The summed E-state index contributed by atoms with van der Waals surface area (Å²) in [6.45, 7) is 0. The first-order chi connectivity index (χ1) is 8.33. The van der Waals surface area contributed by atoms with Gasteiger partial charge >= 0.3 is 0 Å². The predicted molar refractivity (Wildman–Crippen MR) is 67.1 cm³/mol. The van der Waals surface area contributed by atoms with Crippen molar-refractivity contribution in [1.29, 1.82) is 0 Å². The minimum absolute atomic E-state index is 0.232. The van der Waals surface area contributed by atoms with Crippen LogP contribution in [0.25, 0.3) is 22.0 Å². The zero-order valence-corrected chi connectivity index (χ0v) is 9.10. The molecule has 2 heteroatoms. The van der Waals surface area contributed by atoms with E-state index in [0.717, 1.165) is 22.0 Å². The summed E-state index contributed by atoms with van der Waals surface area (Å²) in [6.07, 6.45) is 1.82. The number of hydrogen-bond acceptors (Lipinski definition) is 1. The number of benzene rings is 2. The van der Waals surface area contributed by atoms with E-state index in [-0.39, 0.29) is 5.82 Å². The van der Waals surface area contributed by atoms with Crippen LogP contribution in [0.4, 0.5) is 4.39 Å². The summed E-state index contributed by atoms with van der Waals surface area (Å²) in [7, 11) is 0. The van der Waals surface area contributed by atoms with Gasteiger partial charge < -0.3 is 0 Å². The van der Waals surface area contributed by atoms with Crippen molar-refractivity contribution in [3.05, 3.63) is 66.6 Å². The Morgan fingerprint density at radius 3 is 2.47 bits per heavy atom. The second-order valence-electron chi connectivity index (χ2n) is 3.93. The van der Waals surface area contributed by atoms with Crippen LogP contribution in [0.2, 0.25) is 0 Å². The third kappa shape index (κ3) is 1.89. The van der Waals surface area contributed by atoms with E-state index in [4.69, 9.17) is 0 Å². The van der Waals surface area contributed by atoms with E-state index < -0.39 is 0 Å². The molecule has 0 bridgehead atoms. The Kier molecular flexibility index (Phi) is 2.33.